The van der Waals surface area contributed by atoms with E-state index in [1.807, 2.05) is 24.3 Å². The van der Waals surface area contributed by atoms with Gasteiger partial charge in [0, 0.05) is 5.56 Å². The van der Waals surface area contributed by atoms with E-state index in [1.165, 1.54) is 17.2 Å². The molecule has 1 atom stereocenters. The minimum absolute atomic E-state index is 0.0268. The van der Waals surface area contributed by atoms with Crippen LogP contribution >= 0.6 is 0 Å². The Morgan fingerprint density at radius 2 is 1.84 bits per heavy atom. The number of aliphatic carboxylic acids is 1. The van der Waals surface area contributed by atoms with Gasteiger partial charge in [0.1, 0.15) is 23.9 Å². The molecule has 198 valence electrons. The predicted octanol–water partition coefficient (Wildman–Crippen LogP) is 8.18. The molecular weight excluding hydrogens is 479 g/mol. The molecule has 0 aliphatic heterocycles. The van der Waals surface area contributed by atoms with Crippen LogP contribution < -0.4 is 9.47 Å². The molecule has 5 heteroatoms. The second kappa shape index (κ2) is 10.6. The maximum atomic E-state index is 15.1. The summed E-state index contributed by atoms with van der Waals surface area (Å²) >= 11 is 0. The van der Waals surface area contributed by atoms with Crippen LogP contribution in [-0.4, -0.2) is 18.2 Å². The normalized spacial score (nSPS) is 18.0. The topological polar surface area (TPSA) is 55.8 Å². The summed E-state index contributed by atoms with van der Waals surface area (Å²) in [5, 5.41) is 9.28. The summed E-state index contributed by atoms with van der Waals surface area (Å²) < 4.78 is 26.7. The van der Waals surface area contributed by atoms with Crippen molar-refractivity contribution in [3.8, 4) is 22.6 Å². The lowest BCUT2D eigenvalue weighted by Gasteiger charge is -2.33. The first kappa shape index (κ1) is 26.0. The molecule has 2 aliphatic carbocycles. The predicted molar refractivity (Wildman–Crippen MR) is 148 cm³/mol. The van der Waals surface area contributed by atoms with Gasteiger partial charge in [0.25, 0.3) is 0 Å². The van der Waals surface area contributed by atoms with Gasteiger partial charge in [0.2, 0.25) is 0 Å². The number of aryl methyl sites for hydroxylation is 1. The van der Waals surface area contributed by atoms with Crippen molar-refractivity contribution in [3.63, 3.8) is 0 Å². The number of hydrogen-bond donors (Lipinski definition) is 1. The Kier molecular flexibility index (Phi) is 7.29. The van der Waals surface area contributed by atoms with Gasteiger partial charge in [-0.25, -0.2) is 4.39 Å². The molecule has 38 heavy (non-hydrogen) atoms. The molecule has 0 heterocycles. The van der Waals surface area contributed by atoms with E-state index in [9.17, 15) is 9.90 Å². The minimum atomic E-state index is -0.769. The highest BCUT2D eigenvalue weighted by Crippen LogP contribution is 2.46. The van der Waals surface area contributed by atoms with E-state index in [0.717, 1.165) is 60.1 Å². The molecule has 0 fully saturated rings. The summed E-state index contributed by atoms with van der Waals surface area (Å²) in [6, 6.07) is 17.0. The van der Waals surface area contributed by atoms with Gasteiger partial charge in [0.05, 0.1) is 13.5 Å². The number of fused-ring (bicyclic) bond motifs is 1. The van der Waals surface area contributed by atoms with E-state index in [-0.39, 0.29) is 23.6 Å². The van der Waals surface area contributed by atoms with Crippen LogP contribution in [0.5, 0.6) is 11.5 Å². The van der Waals surface area contributed by atoms with Crippen molar-refractivity contribution in [2.45, 2.75) is 64.9 Å². The Hall–Kier alpha value is -3.60. The van der Waals surface area contributed by atoms with Crippen LogP contribution in [0.4, 0.5) is 4.39 Å². The van der Waals surface area contributed by atoms with Crippen LogP contribution in [0.3, 0.4) is 0 Å². The summed E-state index contributed by atoms with van der Waals surface area (Å²) in [6.07, 6.45) is 7.44. The summed E-state index contributed by atoms with van der Waals surface area (Å²) in [6.45, 7) is 4.87. The molecule has 0 saturated heterocycles. The van der Waals surface area contributed by atoms with Crippen molar-refractivity contribution < 1.29 is 23.8 Å². The van der Waals surface area contributed by atoms with Gasteiger partial charge in [-0.15, -0.1) is 0 Å². The number of ether oxygens (including phenoxy) is 2. The van der Waals surface area contributed by atoms with E-state index in [0.29, 0.717) is 17.9 Å². The lowest BCUT2D eigenvalue weighted by molar-refractivity contribution is -0.137. The highest BCUT2D eigenvalue weighted by atomic mass is 19.1. The van der Waals surface area contributed by atoms with Crippen molar-refractivity contribution in [3.05, 3.63) is 88.7 Å². The summed E-state index contributed by atoms with van der Waals surface area (Å²) in [5.74, 6) is 0.348. The van der Waals surface area contributed by atoms with Crippen molar-refractivity contribution in [1.29, 1.82) is 0 Å². The summed E-state index contributed by atoms with van der Waals surface area (Å²) in [5.41, 5.74) is 6.90. The molecule has 2 aliphatic rings. The van der Waals surface area contributed by atoms with Gasteiger partial charge in [-0.1, -0.05) is 38.1 Å². The Balaban J connectivity index is 1.47. The van der Waals surface area contributed by atoms with Crippen molar-refractivity contribution in [2.24, 2.45) is 5.41 Å². The number of halogens is 1. The fourth-order valence-electron chi connectivity index (χ4n) is 6.00. The average Bonchev–Trinajstić information content (AvgIpc) is 3.29. The standard InChI is InChI=1S/C33H35FO4/c1-33(2)15-5-4-6-30(33)28-16-21(7-13-26(28)29-18-24(37-3)12-14-31(29)34)20-38-25-11-10-22-8-9-23(17-32(35)36)27(22)19-25/h6-7,10-14,16,18-19,23H,4-5,8-9,15,17,20H2,1-3H3,(H,35,36)/t23-/m1/s1. The number of benzene rings is 3. The zero-order chi connectivity index (χ0) is 26.9. The Bertz CT molecular complexity index is 1390. The Morgan fingerprint density at radius 1 is 1.03 bits per heavy atom. The molecule has 3 aromatic carbocycles. The fourth-order valence-corrected chi connectivity index (χ4v) is 6.00. The third kappa shape index (κ3) is 5.33. The molecule has 3 aromatic rings. The zero-order valence-electron chi connectivity index (χ0n) is 22.4. The third-order valence-electron chi connectivity index (χ3n) is 8.07. The molecule has 0 spiro atoms. The van der Waals surface area contributed by atoms with Crippen LogP contribution in [-0.2, 0) is 17.8 Å². The lowest BCUT2D eigenvalue weighted by atomic mass is 9.71. The van der Waals surface area contributed by atoms with Crippen LogP contribution in [0.25, 0.3) is 16.7 Å². The quantitative estimate of drug-likeness (QED) is 0.329. The molecule has 0 amide bonds. The molecule has 0 radical (unpaired) electrons. The number of methoxy groups -OCH3 is 1. The van der Waals surface area contributed by atoms with E-state index < -0.39 is 5.97 Å². The van der Waals surface area contributed by atoms with Gasteiger partial charge >= 0.3 is 5.97 Å². The maximum absolute atomic E-state index is 15.1. The van der Waals surface area contributed by atoms with Crippen LogP contribution in [0.2, 0.25) is 0 Å². The largest absolute Gasteiger partial charge is 0.497 e. The van der Waals surface area contributed by atoms with E-state index in [2.05, 4.69) is 32.1 Å². The van der Waals surface area contributed by atoms with Crippen molar-refractivity contribution in [2.75, 3.05) is 7.11 Å². The van der Waals surface area contributed by atoms with Crippen molar-refractivity contribution in [1.82, 2.24) is 0 Å². The van der Waals surface area contributed by atoms with Crippen LogP contribution in [0, 0.1) is 11.2 Å². The fraction of sp³-hybridized carbons (Fsp3) is 0.364. The molecule has 0 saturated carbocycles. The zero-order valence-corrected chi connectivity index (χ0v) is 22.4. The smallest absolute Gasteiger partial charge is 0.303 e. The van der Waals surface area contributed by atoms with Gasteiger partial charge < -0.3 is 14.6 Å². The highest BCUT2D eigenvalue weighted by molar-refractivity contribution is 5.84. The lowest BCUT2D eigenvalue weighted by Crippen LogP contribution is -2.18. The Labute approximate surface area is 224 Å². The van der Waals surface area contributed by atoms with Gasteiger partial charge in [-0.05, 0) is 113 Å². The molecule has 1 N–H and O–H groups in total. The monoisotopic (exact) mass is 514 g/mol. The van der Waals surface area contributed by atoms with Gasteiger partial charge in [-0.2, -0.15) is 0 Å². The maximum Gasteiger partial charge on any atom is 0.303 e. The first-order chi connectivity index (χ1) is 18.2. The van der Waals surface area contributed by atoms with Crippen LogP contribution in [0.15, 0.2) is 60.7 Å². The number of carboxylic acid groups (broad SMARTS) is 1. The van der Waals surface area contributed by atoms with E-state index in [4.69, 9.17) is 9.47 Å². The number of carboxylic acids is 1. The van der Waals surface area contributed by atoms with E-state index in [1.54, 1.807) is 19.2 Å². The van der Waals surface area contributed by atoms with Gasteiger partial charge in [-0.3, -0.25) is 4.79 Å². The average molecular weight is 515 g/mol. The minimum Gasteiger partial charge on any atom is -0.497 e. The summed E-state index contributed by atoms with van der Waals surface area (Å²) in [4.78, 5) is 11.3. The summed E-state index contributed by atoms with van der Waals surface area (Å²) in [7, 11) is 1.59. The first-order valence-corrected chi connectivity index (χ1v) is 13.4. The number of allylic oxidation sites excluding steroid dienone is 2. The van der Waals surface area contributed by atoms with Crippen LogP contribution in [0.1, 0.15) is 74.1 Å². The van der Waals surface area contributed by atoms with E-state index >= 15 is 4.39 Å². The highest BCUT2D eigenvalue weighted by Gasteiger charge is 2.29. The molecule has 0 unspecified atom stereocenters. The molecule has 0 aromatic heterocycles. The Morgan fingerprint density at radius 3 is 2.61 bits per heavy atom. The third-order valence-corrected chi connectivity index (χ3v) is 8.07. The second-order valence-electron chi connectivity index (χ2n) is 11.1. The van der Waals surface area contributed by atoms with Gasteiger partial charge in [0.15, 0.2) is 0 Å². The first-order valence-electron chi connectivity index (χ1n) is 13.4. The molecule has 4 nitrogen and oxygen atoms in total. The number of rotatable bonds is 8. The SMILES string of the molecule is COc1ccc(F)c(-c2ccc(COc3ccc4c(c3)[C@@H](CC(=O)O)CC4)cc2C2=CCCCC2(C)C)c1. The second-order valence-corrected chi connectivity index (χ2v) is 11.1. The molecule has 0 bridgehead atoms. The number of carbonyl (C=O) groups is 1. The van der Waals surface area contributed by atoms with Crippen molar-refractivity contribution >= 4 is 11.5 Å². The molecular formula is C33H35FO4. The number of hydrogen-bond acceptors (Lipinski definition) is 3. The molecule has 5 rings (SSSR count).